The number of hydrogen-bond donors (Lipinski definition) is 1. The number of rotatable bonds is 10. The molecule has 0 bridgehead atoms. The van der Waals surface area contributed by atoms with E-state index < -0.39 is 0 Å². The minimum Gasteiger partial charge on any atom is -0.466 e. The predicted molar refractivity (Wildman–Crippen MR) is 128 cm³/mol. The van der Waals surface area contributed by atoms with Gasteiger partial charge in [0.2, 0.25) is 0 Å². The van der Waals surface area contributed by atoms with Gasteiger partial charge in [0.25, 0.3) is 0 Å². The molecule has 0 aliphatic carbocycles. The molecule has 1 aromatic carbocycles. The van der Waals surface area contributed by atoms with E-state index in [1.807, 2.05) is 13.0 Å². The van der Waals surface area contributed by atoms with Gasteiger partial charge in [-0.15, -0.1) is 24.0 Å². The summed E-state index contributed by atoms with van der Waals surface area (Å²) in [7, 11) is 0. The molecule has 1 saturated heterocycles. The van der Waals surface area contributed by atoms with Crippen LogP contribution < -0.4 is 5.32 Å². The lowest BCUT2D eigenvalue weighted by molar-refractivity contribution is -0.149. The highest BCUT2D eigenvalue weighted by molar-refractivity contribution is 14.0. The number of piperidine rings is 1. The summed E-state index contributed by atoms with van der Waals surface area (Å²) >= 11 is 0. The van der Waals surface area contributed by atoms with Crippen LogP contribution in [0.25, 0.3) is 0 Å². The summed E-state index contributed by atoms with van der Waals surface area (Å²) < 4.78 is 10.9. The lowest BCUT2D eigenvalue weighted by atomic mass is 9.97. The number of carbonyl (C=O) groups is 1. The van der Waals surface area contributed by atoms with Gasteiger partial charge in [0.05, 0.1) is 19.1 Å². The van der Waals surface area contributed by atoms with Crippen molar-refractivity contribution in [3.05, 3.63) is 35.9 Å². The zero-order valence-electron chi connectivity index (χ0n) is 17.8. The molecule has 0 aromatic heterocycles. The smallest absolute Gasteiger partial charge is 0.309 e. The summed E-state index contributed by atoms with van der Waals surface area (Å²) in [5, 5.41) is 3.36. The van der Waals surface area contributed by atoms with Gasteiger partial charge in [0, 0.05) is 32.8 Å². The second kappa shape index (κ2) is 15.5. The molecule has 1 heterocycles. The molecular weight excluding hydrogens is 481 g/mol. The molecule has 1 aliphatic rings. The molecule has 0 unspecified atom stereocenters. The molecule has 0 amide bonds. The number of hydrogen-bond acceptors (Lipinski definition) is 4. The Labute approximate surface area is 192 Å². The number of esters is 1. The highest BCUT2D eigenvalue weighted by Crippen LogP contribution is 2.18. The van der Waals surface area contributed by atoms with Crippen molar-refractivity contribution in [2.75, 3.05) is 46.0 Å². The fourth-order valence-corrected chi connectivity index (χ4v) is 3.30. The zero-order valence-corrected chi connectivity index (χ0v) is 20.1. The van der Waals surface area contributed by atoms with Crippen LogP contribution in [0.2, 0.25) is 0 Å². The van der Waals surface area contributed by atoms with Crippen molar-refractivity contribution in [2.24, 2.45) is 10.9 Å². The maximum absolute atomic E-state index is 11.9. The quantitative estimate of drug-likeness (QED) is 0.169. The number of nitrogens with zero attached hydrogens (tertiary/aromatic N) is 2. The van der Waals surface area contributed by atoms with E-state index >= 15 is 0 Å². The second-order valence-corrected chi connectivity index (χ2v) is 6.95. The number of aliphatic imine (C=N–C) groups is 1. The van der Waals surface area contributed by atoms with Crippen LogP contribution in [0.3, 0.4) is 0 Å². The highest BCUT2D eigenvalue weighted by Gasteiger charge is 2.27. The molecule has 0 radical (unpaired) electrons. The van der Waals surface area contributed by atoms with E-state index in [0.717, 1.165) is 71.0 Å². The van der Waals surface area contributed by atoms with Crippen molar-refractivity contribution in [2.45, 2.75) is 39.5 Å². The molecule has 29 heavy (non-hydrogen) atoms. The van der Waals surface area contributed by atoms with Crippen molar-refractivity contribution in [3.63, 3.8) is 0 Å². The van der Waals surface area contributed by atoms with Crippen LogP contribution in [0.5, 0.6) is 0 Å². The van der Waals surface area contributed by atoms with Crippen LogP contribution in [0, 0.1) is 5.92 Å². The number of ether oxygens (including phenoxy) is 2. The average molecular weight is 517 g/mol. The van der Waals surface area contributed by atoms with E-state index in [9.17, 15) is 4.79 Å². The van der Waals surface area contributed by atoms with Crippen LogP contribution in [0.1, 0.15) is 38.7 Å². The third-order valence-corrected chi connectivity index (χ3v) is 4.84. The Balaban J connectivity index is 0.00000420. The monoisotopic (exact) mass is 517 g/mol. The second-order valence-electron chi connectivity index (χ2n) is 6.95. The predicted octanol–water partition coefficient (Wildman–Crippen LogP) is 3.49. The Morgan fingerprint density at radius 3 is 2.55 bits per heavy atom. The number of benzene rings is 1. The average Bonchev–Trinajstić information content (AvgIpc) is 2.73. The van der Waals surface area contributed by atoms with E-state index in [2.05, 4.69) is 41.4 Å². The van der Waals surface area contributed by atoms with Gasteiger partial charge in [0.1, 0.15) is 0 Å². The molecule has 1 aromatic rings. The molecule has 1 fully saturated rings. The third kappa shape index (κ3) is 9.80. The number of carbonyl (C=O) groups excluding carboxylic acids is 1. The van der Waals surface area contributed by atoms with Gasteiger partial charge >= 0.3 is 5.97 Å². The maximum atomic E-state index is 11.9. The standard InChI is InChI=1S/C22H35N3O3.HI/c1-3-23-22(25-15-11-20(12-16-25)21(26)28-4-2)24-14-8-17-27-18-13-19-9-6-5-7-10-19;/h5-7,9-10,20H,3-4,8,11-18H2,1-2H3,(H,23,24);1H. The van der Waals surface area contributed by atoms with Gasteiger partial charge in [0.15, 0.2) is 5.96 Å². The molecule has 0 spiro atoms. The summed E-state index contributed by atoms with van der Waals surface area (Å²) in [4.78, 5) is 18.9. The third-order valence-electron chi connectivity index (χ3n) is 4.84. The van der Waals surface area contributed by atoms with Crippen molar-refractivity contribution < 1.29 is 14.3 Å². The fraction of sp³-hybridized carbons (Fsp3) is 0.636. The van der Waals surface area contributed by atoms with E-state index in [1.54, 1.807) is 0 Å². The van der Waals surface area contributed by atoms with Gasteiger partial charge < -0.3 is 19.7 Å². The van der Waals surface area contributed by atoms with Gasteiger partial charge in [-0.25, -0.2) is 0 Å². The molecule has 7 heteroatoms. The van der Waals surface area contributed by atoms with Crippen molar-refractivity contribution >= 4 is 35.9 Å². The first-order valence-electron chi connectivity index (χ1n) is 10.6. The van der Waals surface area contributed by atoms with E-state index in [4.69, 9.17) is 14.5 Å². The Hall–Kier alpha value is -1.35. The van der Waals surface area contributed by atoms with Crippen molar-refractivity contribution in [1.29, 1.82) is 0 Å². The SMILES string of the molecule is CCNC(=NCCCOCCc1ccccc1)N1CCC(C(=O)OCC)CC1.I. The summed E-state index contributed by atoms with van der Waals surface area (Å²) in [6.45, 7) is 9.11. The minimum absolute atomic E-state index is 0. The molecule has 0 atom stereocenters. The topological polar surface area (TPSA) is 63.2 Å². The van der Waals surface area contributed by atoms with E-state index in [0.29, 0.717) is 6.61 Å². The van der Waals surface area contributed by atoms with Crippen LogP contribution in [-0.2, 0) is 20.7 Å². The Morgan fingerprint density at radius 1 is 1.17 bits per heavy atom. The van der Waals surface area contributed by atoms with Crippen LogP contribution in [0.15, 0.2) is 35.3 Å². The lowest BCUT2D eigenvalue weighted by Gasteiger charge is -2.33. The Bertz CT molecular complexity index is 590. The van der Waals surface area contributed by atoms with Gasteiger partial charge in [-0.05, 0) is 45.1 Å². The van der Waals surface area contributed by atoms with Gasteiger partial charge in [-0.1, -0.05) is 30.3 Å². The molecular formula is C22H36IN3O3. The van der Waals surface area contributed by atoms with Gasteiger partial charge in [-0.2, -0.15) is 0 Å². The largest absolute Gasteiger partial charge is 0.466 e. The molecule has 1 aliphatic heterocycles. The number of nitrogens with one attached hydrogen (secondary N) is 1. The zero-order chi connectivity index (χ0) is 20.0. The first-order chi connectivity index (χ1) is 13.7. The Morgan fingerprint density at radius 2 is 1.90 bits per heavy atom. The number of guanidine groups is 1. The first kappa shape index (κ1) is 25.7. The van der Waals surface area contributed by atoms with Crippen LogP contribution in [-0.4, -0.2) is 62.8 Å². The summed E-state index contributed by atoms with van der Waals surface area (Å²) in [6, 6.07) is 10.4. The number of halogens is 1. The maximum Gasteiger partial charge on any atom is 0.309 e. The molecule has 1 N–H and O–H groups in total. The molecule has 6 nitrogen and oxygen atoms in total. The van der Waals surface area contributed by atoms with E-state index in [-0.39, 0.29) is 35.9 Å². The fourth-order valence-electron chi connectivity index (χ4n) is 3.30. The van der Waals surface area contributed by atoms with E-state index in [1.165, 1.54) is 5.56 Å². The molecule has 164 valence electrons. The van der Waals surface area contributed by atoms with Crippen LogP contribution >= 0.6 is 24.0 Å². The van der Waals surface area contributed by atoms with Crippen molar-refractivity contribution in [3.8, 4) is 0 Å². The van der Waals surface area contributed by atoms with Crippen molar-refractivity contribution in [1.82, 2.24) is 10.2 Å². The summed E-state index contributed by atoms with van der Waals surface area (Å²) in [5.41, 5.74) is 1.31. The Kier molecular flexibility index (Phi) is 13.7. The summed E-state index contributed by atoms with van der Waals surface area (Å²) in [6.07, 6.45) is 3.50. The molecule has 0 saturated carbocycles. The van der Waals surface area contributed by atoms with Gasteiger partial charge in [-0.3, -0.25) is 9.79 Å². The first-order valence-corrected chi connectivity index (χ1v) is 10.6. The molecule has 2 rings (SSSR count). The number of likely N-dealkylation sites (tertiary alicyclic amines) is 1. The van der Waals surface area contributed by atoms with Crippen LogP contribution in [0.4, 0.5) is 0 Å². The minimum atomic E-state index is -0.0586. The normalized spacial score (nSPS) is 15.0. The highest BCUT2D eigenvalue weighted by atomic mass is 127. The summed E-state index contributed by atoms with van der Waals surface area (Å²) in [5.74, 6) is 0.905. The lowest BCUT2D eigenvalue weighted by Crippen LogP contribution is -2.46.